The van der Waals surface area contributed by atoms with Crippen molar-refractivity contribution in [1.82, 2.24) is 0 Å². The summed E-state index contributed by atoms with van der Waals surface area (Å²) in [6.45, 7) is 7.37. The van der Waals surface area contributed by atoms with E-state index in [0.29, 0.717) is 0 Å². The second-order valence-electron chi connectivity index (χ2n) is 3.64. The van der Waals surface area contributed by atoms with E-state index in [9.17, 15) is 0 Å². The van der Waals surface area contributed by atoms with Gasteiger partial charge in [0.1, 0.15) is 0 Å². The highest BCUT2D eigenvalue weighted by Gasteiger charge is 2.17. The Morgan fingerprint density at radius 2 is 2.18 bits per heavy atom. The summed E-state index contributed by atoms with van der Waals surface area (Å²) >= 11 is 0. The Morgan fingerprint density at radius 3 is 2.64 bits per heavy atom. The van der Waals surface area contributed by atoms with Crippen LogP contribution in [0.25, 0.3) is 0 Å². The van der Waals surface area contributed by atoms with Crippen LogP contribution in [0.2, 0.25) is 19.6 Å². The molecule has 0 N–H and O–H groups in total. The van der Waals surface area contributed by atoms with Crippen molar-refractivity contribution in [2.24, 2.45) is 4.99 Å². The van der Waals surface area contributed by atoms with Gasteiger partial charge in [-0.1, -0.05) is 0 Å². The van der Waals surface area contributed by atoms with Gasteiger partial charge in [-0.3, -0.25) is 4.99 Å². The Kier molecular flexibility index (Phi) is 2.49. The van der Waals surface area contributed by atoms with Crippen LogP contribution in [0.15, 0.2) is 16.8 Å². The van der Waals surface area contributed by atoms with Gasteiger partial charge in [0, 0.05) is 12.6 Å². The van der Waals surface area contributed by atoms with E-state index in [1.165, 1.54) is 0 Å². The Balaban J connectivity index is 2.44. The molecule has 0 saturated heterocycles. The molecular weight excluding hydrogens is 154 g/mol. The number of nitrogens with zero attached hydrogens (tertiary/aromatic N) is 1. The Morgan fingerprint density at radius 1 is 1.45 bits per heavy atom. The van der Waals surface area contributed by atoms with E-state index in [-0.39, 0.29) is 0 Å². The van der Waals surface area contributed by atoms with Crippen molar-refractivity contribution in [1.29, 1.82) is 0 Å². The summed E-state index contributed by atoms with van der Waals surface area (Å²) in [6.07, 6.45) is 4.87. The number of rotatable bonds is 2. The quantitative estimate of drug-likeness (QED) is 0.581. The van der Waals surface area contributed by atoms with E-state index < -0.39 is 8.32 Å². The van der Waals surface area contributed by atoms with Crippen LogP contribution in [0.1, 0.15) is 6.42 Å². The number of dihydropyridines is 1. The van der Waals surface area contributed by atoms with Crippen LogP contribution >= 0.6 is 0 Å². The molecule has 0 aliphatic carbocycles. The minimum absolute atomic E-state index is 0.791. The zero-order valence-electron chi connectivity index (χ0n) is 7.42. The average Bonchev–Trinajstić information content (AvgIpc) is 1.85. The van der Waals surface area contributed by atoms with Crippen LogP contribution in [0.5, 0.6) is 0 Å². The highest BCUT2D eigenvalue weighted by molar-refractivity contribution is 6.70. The molecule has 0 bridgehead atoms. The number of allylic oxidation sites excluding steroid dienone is 1. The molecule has 1 rings (SSSR count). The first kappa shape index (κ1) is 8.52. The minimum Gasteiger partial charge on any atom is -0.547 e. The van der Waals surface area contributed by atoms with Gasteiger partial charge >= 0.3 is 0 Å². The number of hydrogen-bond donors (Lipinski definition) is 0. The van der Waals surface area contributed by atoms with Crippen molar-refractivity contribution in [2.45, 2.75) is 26.1 Å². The van der Waals surface area contributed by atoms with Crippen molar-refractivity contribution < 1.29 is 4.43 Å². The monoisotopic (exact) mass is 169 g/mol. The third-order valence-corrected chi connectivity index (χ3v) is 2.16. The predicted octanol–water partition coefficient (Wildman–Crippen LogP) is 2.20. The molecule has 11 heavy (non-hydrogen) atoms. The molecule has 3 heteroatoms. The zero-order valence-corrected chi connectivity index (χ0v) is 8.42. The van der Waals surface area contributed by atoms with Crippen molar-refractivity contribution in [2.75, 3.05) is 6.54 Å². The molecule has 0 spiro atoms. The normalized spacial score (nSPS) is 17.9. The first-order valence-corrected chi connectivity index (χ1v) is 7.35. The van der Waals surface area contributed by atoms with Crippen LogP contribution < -0.4 is 0 Å². The topological polar surface area (TPSA) is 21.6 Å². The molecule has 1 heterocycles. The lowest BCUT2D eigenvalue weighted by Crippen LogP contribution is -2.25. The van der Waals surface area contributed by atoms with Gasteiger partial charge in [0.2, 0.25) is 8.32 Å². The van der Waals surface area contributed by atoms with Crippen LogP contribution in [-0.2, 0) is 4.43 Å². The van der Waals surface area contributed by atoms with E-state index in [2.05, 4.69) is 30.7 Å². The van der Waals surface area contributed by atoms with Crippen LogP contribution in [0, 0.1) is 0 Å². The summed E-state index contributed by atoms with van der Waals surface area (Å²) < 4.78 is 5.79. The van der Waals surface area contributed by atoms with Crippen LogP contribution in [0.4, 0.5) is 0 Å². The molecule has 62 valence electrons. The summed E-state index contributed by atoms with van der Waals surface area (Å²) in [6, 6.07) is 0. The highest BCUT2D eigenvalue weighted by Crippen LogP contribution is 2.13. The Bertz CT molecular complexity index is 191. The summed E-state index contributed by atoms with van der Waals surface area (Å²) in [5.74, 6) is 1.11. The zero-order chi connectivity index (χ0) is 8.32. The fourth-order valence-electron chi connectivity index (χ4n) is 0.944. The van der Waals surface area contributed by atoms with E-state index in [0.717, 1.165) is 18.7 Å². The first-order valence-electron chi connectivity index (χ1n) is 3.94. The number of hydrogen-bond acceptors (Lipinski definition) is 2. The molecule has 0 unspecified atom stereocenters. The maximum atomic E-state index is 5.79. The smallest absolute Gasteiger partial charge is 0.241 e. The third-order valence-electron chi connectivity index (χ3n) is 1.28. The van der Waals surface area contributed by atoms with Gasteiger partial charge in [-0.15, -0.1) is 0 Å². The summed E-state index contributed by atoms with van der Waals surface area (Å²) in [4.78, 5) is 4.09. The van der Waals surface area contributed by atoms with E-state index >= 15 is 0 Å². The van der Waals surface area contributed by atoms with Crippen molar-refractivity contribution in [3.8, 4) is 0 Å². The molecule has 1 aliphatic rings. The second-order valence-corrected chi connectivity index (χ2v) is 8.07. The second kappa shape index (κ2) is 3.22. The summed E-state index contributed by atoms with van der Waals surface area (Å²) in [5, 5.41) is 0. The van der Waals surface area contributed by atoms with E-state index in [4.69, 9.17) is 4.43 Å². The van der Waals surface area contributed by atoms with Gasteiger partial charge in [-0.05, 0) is 25.7 Å². The lowest BCUT2D eigenvalue weighted by molar-refractivity contribution is 0.413. The number of aliphatic imine (C=N–C) groups is 1. The molecule has 0 radical (unpaired) electrons. The molecule has 0 amide bonds. The summed E-state index contributed by atoms with van der Waals surface area (Å²) in [5.41, 5.74) is 0. The molecular formula is C8H15NOSi. The molecule has 0 fully saturated rings. The fraction of sp³-hybridized carbons (Fsp3) is 0.625. The molecule has 0 aromatic rings. The van der Waals surface area contributed by atoms with Crippen LogP contribution in [-0.4, -0.2) is 21.1 Å². The molecule has 0 aromatic carbocycles. The maximum Gasteiger partial charge on any atom is 0.241 e. The van der Waals surface area contributed by atoms with Crippen LogP contribution in [0.3, 0.4) is 0 Å². The maximum absolute atomic E-state index is 5.79. The Hall–Kier alpha value is -0.573. The molecule has 1 aliphatic heterocycles. The van der Waals surface area contributed by atoms with Crippen molar-refractivity contribution >= 4 is 14.5 Å². The van der Waals surface area contributed by atoms with Gasteiger partial charge in [0.05, 0.1) is 12.3 Å². The fourth-order valence-corrected chi connectivity index (χ4v) is 1.90. The Labute approximate surface area is 69.1 Å². The first-order chi connectivity index (χ1) is 5.08. The highest BCUT2D eigenvalue weighted by atomic mass is 28.4. The average molecular weight is 169 g/mol. The molecule has 0 aromatic heterocycles. The van der Waals surface area contributed by atoms with E-state index in [1.807, 2.05) is 6.21 Å². The van der Waals surface area contributed by atoms with Gasteiger partial charge in [0.25, 0.3) is 0 Å². The molecule has 0 atom stereocenters. The third kappa shape index (κ3) is 3.37. The van der Waals surface area contributed by atoms with E-state index in [1.54, 1.807) is 0 Å². The standard InChI is InChI=1S/C8H15NOSi/c1-11(2,3)10-8-4-6-9-7-5-8/h4,7H,5-6H2,1-3H3. The van der Waals surface area contributed by atoms with Crippen molar-refractivity contribution in [3.63, 3.8) is 0 Å². The molecule has 0 saturated carbocycles. The predicted molar refractivity (Wildman–Crippen MR) is 50.5 cm³/mol. The van der Waals surface area contributed by atoms with Gasteiger partial charge < -0.3 is 4.43 Å². The SMILES string of the molecule is C[Si](C)(C)OC1=CCN=CC1. The van der Waals surface area contributed by atoms with Gasteiger partial charge in [-0.25, -0.2) is 0 Å². The lowest BCUT2D eigenvalue weighted by atomic mass is 10.3. The van der Waals surface area contributed by atoms with Gasteiger partial charge in [-0.2, -0.15) is 0 Å². The minimum atomic E-state index is -1.37. The lowest BCUT2D eigenvalue weighted by Gasteiger charge is -2.21. The molecule has 2 nitrogen and oxygen atoms in total. The largest absolute Gasteiger partial charge is 0.547 e. The summed E-state index contributed by atoms with van der Waals surface area (Å²) in [7, 11) is -1.37. The van der Waals surface area contributed by atoms with Gasteiger partial charge in [0.15, 0.2) is 0 Å². The van der Waals surface area contributed by atoms with Crippen molar-refractivity contribution in [3.05, 3.63) is 11.8 Å².